The van der Waals surface area contributed by atoms with Crippen molar-refractivity contribution < 1.29 is 8.42 Å². The van der Waals surface area contributed by atoms with Crippen LogP contribution in [0.4, 0.5) is 0 Å². The Morgan fingerprint density at radius 1 is 1.11 bits per heavy atom. The highest BCUT2D eigenvalue weighted by molar-refractivity contribution is 7.91. The van der Waals surface area contributed by atoms with E-state index in [1.54, 1.807) is 0 Å². The Morgan fingerprint density at radius 3 is 2.47 bits per heavy atom. The Hall–Kier alpha value is -0.0900. The number of hydrogen-bond donors (Lipinski definition) is 1. The summed E-state index contributed by atoms with van der Waals surface area (Å²) in [5.74, 6) is 2.02. The first-order valence-corrected chi connectivity index (χ1v) is 9.74. The molecule has 19 heavy (non-hydrogen) atoms. The van der Waals surface area contributed by atoms with Gasteiger partial charge in [0.2, 0.25) is 0 Å². The molecule has 0 aromatic rings. The van der Waals surface area contributed by atoms with Gasteiger partial charge in [-0.3, -0.25) is 0 Å². The van der Waals surface area contributed by atoms with E-state index in [1.807, 2.05) is 6.92 Å². The second kappa shape index (κ2) is 8.25. The van der Waals surface area contributed by atoms with Gasteiger partial charge < -0.3 is 5.32 Å². The van der Waals surface area contributed by atoms with Gasteiger partial charge in [-0.2, -0.15) is 0 Å². The molecule has 3 unspecified atom stereocenters. The molecule has 1 rings (SSSR count). The predicted molar refractivity (Wildman–Crippen MR) is 82.1 cm³/mol. The van der Waals surface area contributed by atoms with Crippen LogP contribution in [-0.4, -0.2) is 32.5 Å². The van der Waals surface area contributed by atoms with Crippen molar-refractivity contribution in [3.05, 3.63) is 0 Å². The zero-order valence-electron chi connectivity index (χ0n) is 12.8. The van der Waals surface area contributed by atoms with Crippen LogP contribution in [-0.2, 0) is 9.84 Å². The molecule has 3 atom stereocenters. The first-order chi connectivity index (χ1) is 8.98. The van der Waals surface area contributed by atoms with Crippen LogP contribution in [0.1, 0.15) is 59.3 Å². The zero-order chi connectivity index (χ0) is 14.3. The van der Waals surface area contributed by atoms with Gasteiger partial charge in [0.25, 0.3) is 0 Å². The van der Waals surface area contributed by atoms with E-state index in [0.29, 0.717) is 23.5 Å². The fraction of sp³-hybridized carbons (Fsp3) is 1.00. The molecule has 0 amide bonds. The number of sulfone groups is 1. The molecule has 0 saturated heterocycles. The summed E-state index contributed by atoms with van der Waals surface area (Å²) in [5, 5.41) is 3.62. The molecule has 0 heterocycles. The van der Waals surface area contributed by atoms with E-state index in [1.165, 1.54) is 19.3 Å². The second-order valence-electron chi connectivity index (χ2n) is 6.18. The van der Waals surface area contributed by atoms with Crippen molar-refractivity contribution in [2.75, 3.05) is 18.1 Å². The third-order valence-electron chi connectivity index (χ3n) is 4.22. The lowest BCUT2D eigenvalue weighted by atomic mass is 9.77. The molecule has 1 aliphatic carbocycles. The summed E-state index contributed by atoms with van der Waals surface area (Å²) < 4.78 is 23.7. The van der Waals surface area contributed by atoms with E-state index in [0.717, 1.165) is 31.7 Å². The first kappa shape index (κ1) is 17.0. The summed E-state index contributed by atoms with van der Waals surface area (Å²) in [4.78, 5) is 0. The van der Waals surface area contributed by atoms with Gasteiger partial charge in [0.15, 0.2) is 0 Å². The predicted octanol–water partition coefficient (Wildman–Crippen LogP) is 3.01. The third kappa shape index (κ3) is 6.26. The van der Waals surface area contributed by atoms with Crippen molar-refractivity contribution in [1.82, 2.24) is 5.32 Å². The van der Waals surface area contributed by atoms with Crippen LogP contribution < -0.4 is 5.32 Å². The monoisotopic (exact) mass is 289 g/mol. The maximum absolute atomic E-state index is 11.9. The third-order valence-corrected chi connectivity index (χ3v) is 6.10. The minimum Gasteiger partial charge on any atom is -0.314 e. The Balaban J connectivity index is 2.50. The summed E-state index contributed by atoms with van der Waals surface area (Å²) in [6, 6.07) is 0.535. The molecule has 1 saturated carbocycles. The van der Waals surface area contributed by atoms with E-state index in [9.17, 15) is 8.42 Å². The van der Waals surface area contributed by atoms with Crippen LogP contribution in [0.25, 0.3) is 0 Å². The van der Waals surface area contributed by atoms with E-state index < -0.39 is 9.84 Å². The Morgan fingerprint density at radius 2 is 1.84 bits per heavy atom. The quantitative estimate of drug-likeness (QED) is 0.747. The van der Waals surface area contributed by atoms with E-state index >= 15 is 0 Å². The molecular formula is C15H31NO2S. The number of nitrogens with one attached hydrogen (secondary N) is 1. The maximum Gasteiger partial charge on any atom is 0.150 e. The molecule has 0 bridgehead atoms. The fourth-order valence-corrected chi connectivity index (χ4v) is 4.65. The lowest BCUT2D eigenvalue weighted by Crippen LogP contribution is -2.41. The van der Waals surface area contributed by atoms with Crippen molar-refractivity contribution >= 4 is 9.84 Å². The van der Waals surface area contributed by atoms with Crippen LogP contribution in [0, 0.1) is 11.8 Å². The molecule has 0 aromatic carbocycles. The molecule has 0 spiro atoms. The molecule has 1 fully saturated rings. The van der Waals surface area contributed by atoms with Gasteiger partial charge in [0.1, 0.15) is 9.84 Å². The molecule has 0 aliphatic heterocycles. The Kier molecular flexibility index (Phi) is 7.37. The Bertz CT molecular complexity index is 338. The van der Waals surface area contributed by atoms with Crippen molar-refractivity contribution in [1.29, 1.82) is 0 Å². The summed E-state index contributed by atoms with van der Waals surface area (Å²) in [6.45, 7) is 7.46. The van der Waals surface area contributed by atoms with E-state index in [4.69, 9.17) is 0 Å². The van der Waals surface area contributed by atoms with Gasteiger partial charge in [-0.25, -0.2) is 8.42 Å². The van der Waals surface area contributed by atoms with E-state index in [2.05, 4.69) is 19.2 Å². The van der Waals surface area contributed by atoms with Gasteiger partial charge in [0, 0.05) is 11.8 Å². The SMILES string of the molecule is CCCNC1CCC(C)CC1CCS(=O)(=O)CCC. The van der Waals surface area contributed by atoms with Gasteiger partial charge in [0.05, 0.1) is 5.75 Å². The smallest absolute Gasteiger partial charge is 0.150 e. The van der Waals surface area contributed by atoms with Gasteiger partial charge in [-0.1, -0.05) is 20.8 Å². The van der Waals surface area contributed by atoms with Gasteiger partial charge in [-0.05, 0) is 56.9 Å². The van der Waals surface area contributed by atoms with Crippen molar-refractivity contribution in [3.8, 4) is 0 Å². The number of hydrogen-bond acceptors (Lipinski definition) is 3. The minimum atomic E-state index is -2.82. The largest absolute Gasteiger partial charge is 0.314 e. The molecule has 1 N–H and O–H groups in total. The zero-order valence-corrected chi connectivity index (χ0v) is 13.6. The second-order valence-corrected chi connectivity index (χ2v) is 8.48. The maximum atomic E-state index is 11.9. The first-order valence-electron chi connectivity index (χ1n) is 7.92. The minimum absolute atomic E-state index is 0.350. The van der Waals surface area contributed by atoms with Crippen molar-refractivity contribution in [3.63, 3.8) is 0 Å². The lowest BCUT2D eigenvalue weighted by Gasteiger charge is -2.35. The van der Waals surface area contributed by atoms with Crippen LogP contribution in [0.5, 0.6) is 0 Å². The summed E-state index contributed by atoms with van der Waals surface area (Å²) >= 11 is 0. The highest BCUT2D eigenvalue weighted by Gasteiger charge is 2.29. The molecule has 0 aromatic heterocycles. The highest BCUT2D eigenvalue weighted by atomic mass is 32.2. The topological polar surface area (TPSA) is 46.2 Å². The van der Waals surface area contributed by atoms with Gasteiger partial charge in [-0.15, -0.1) is 0 Å². The lowest BCUT2D eigenvalue weighted by molar-refractivity contribution is 0.209. The summed E-state index contributed by atoms with van der Waals surface area (Å²) in [7, 11) is -2.82. The van der Waals surface area contributed by atoms with Crippen LogP contribution in [0.15, 0.2) is 0 Å². The molecule has 1 aliphatic rings. The highest BCUT2D eigenvalue weighted by Crippen LogP contribution is 2.31. The van der Waals surface area contributed by atoms with Crippen molar-refractivity contribution in [2.45, 2.75) is 65.3 Å². The molecule has 114 valence electrons. The average molecular weight is 289 g/mol. The van der Waals surface area contributed by atoms with E-state index in [-0.39, 0.29) is 0 Å². The average Bonchev–Trinajstić information content (AvgIpc) is 2.35. The normalized spacial score (nSPS) is 28.5. The van der Waals surface area contributed by atoms with Crippen LogP contribution >= 0.6 is 0 Å². The molecule has 4 heteroatoms. The van der Waals surface area contributed by atoms with Crippen LogP contribution in [0.3, 0.4) is 0 Å². The van der Waals surface area contributed by atoms with Crippen LogP contribution in [0.2, 0.25) is 0 Å². The summed E-state index contributed by atoms with van der Waals surface area (Å²) in [5.41, 5.74) is 0. The molecular weight excluding hydrogens is 258 g/mol. The molecule has 3 nitrogen and oxygen atoms in total. The fourth-order valence-electron chi connectivity index (χ4n) is 3.16. The Labute approximate surface area is 119 Å². The summed E-state index contributed by atoms with van der Waals surface area (Å²) in [6.07, 6.45) is 6.39. The van der Waals surface area contributed by atoms with Gasteiger partial charge >= 0.3 is 0 Å². The molecule has 0 radical (unpaired) electrons. The van der Waals surface area contributed by atoms with Crippen molar-refractivity contribution in [2.24, 2.45) is 11.8 Å². The standard InChI is InChI=1S/C15H31NO2S/c1-4-9-16-15-7-6-13(3)12-14(15)8-11-19(17,18)10-5-2/h13-16H,4-12H2,1-3H3. The number of rotatable bonds is 8.